The maximum Gasteiger partial charge on any atom is 0.305 e. The average Bonchev–Trinajstić information content (AvgIpc) is 2.29. The van der Waals surface area contributed by atoms with Gasteiger partial charge in [0.05, 0.1) is 17.7 Å². The first-order valence-corrected chi connectivity index (χ1v) is 5.53. The van der Waals surface area contributed by atoms with E-state index in [1.165, 1.54) is 25.3 Å². The van der Waals surface area contributed by atoms with Crippen LogP contribution in [0.4, 0.5) is 4.39 Å². The lowest BCUT2D eigenvalue weighted by Gasteiger charge is -2.10. The highest BCUT2D eigenvalue weighted by Gasteiger charge is 2.12. The van der Waals surface area contributed by atoms with Crippen LogP contribution in [0.3, 0.4) is 0 Å². The summed E-state index contributed by atoms with van der Waals surface area (Å²) in [6, 6.07) is 4.25. The second-order valence-electron chi connectivity index (χ2n) is 3.30. The van der Waals surface area contributed by atoms with Gasteiger partial charge in [-0.1, -0.05) is 6.07 Å². The number of benzene rings is 1. The molecule has 1 atom stereocenters. The van der Waals surface area contributed by atoms with E-state index in [2.05, 4.69) is 20.7 Å². The zero-order chi connectivity index (χ0) is 12.1. The van der Waals surface area contributed by atoms with Crippen LogP contribution in [0, 0.1) is 5.82 Å². The number of hydrogen-bond acceptors (Lipinski definition) is 3. The Morgan fingerprint density at radius 1 is 1.62 bits per heavy atom. The molecule has 0 aliphatic rings. The monoisotopic (exact) mass is 290 g/mol. The lowest BCUT2D eigenvalue weighted by atomic mass is 10.1. The molecule has 0 amide bonds. The molecule has 0 fully saturated rings. The molecule has 0 bridgehead atoms. The molecule has 1 N–H and O–H groups in total. The van der Waals surface area contributed by atoms with Crippen molar-refractivity contribution in [3.63, 3.8) is 0 Å². The molecule has 1 aromatic rings. The minimum absolute atomic E-state index is 0.132. The van der Waals surface area contributed by atoms with Gasteiger partial charge in [0.15, 0.2) is 0 Å². The van der Waals surface area contributed by atoms with Gasteiger partial charge in [0.2, 0.25) is 0 Å². The predicted octanol–water partition coefficient (Wildman–Crippen LogP) is 2.57. The summed E-state index contributed by atoms with van der Waals surface area (Å²) in [5, 5.41) is 9.73. The van der Waals surface area contributed by atoms with Crippen molar-refractivity contribution in [3.05, 3.63) is 34.1 Å². The van der Waals surface area contributed by atoms with Gasteiger partial charge in [-0.25, -0.2) is 4.39 Å². The van der Waals surface area contributed by atoms with Crippen molar-refractivity contribution in [1.29, 1.82) is 0 Å². The van der Waals surface area contributed by atoms with Gasteiger partial charge in [-0.3, -0.25) is 4.79 Å². The van der Waals surface area contributed by atoms with Crippen LogP contribution in [-0.4, -0.2) is 18.2 Å². The maximum atomic E-state index is 12.9. The summed E-state index contributed by atoms with van der Waals surface area (Å²) >= 11 is 3.03. The van der Waals surface area contributed by atoms with Crippen molar-refractivity contribution in [2.45, 2.75) is 18.9 Å². The number of hydrogen-bond donors (Lipinski definition) is 1. The van der Waals surface area contributed by atoms with Gasteiger partial charge in [0, 0.05) is 6.42 Å². The lowest BCUT2D eigenvalue weighted by molar-refractivity contribution is -0.141. The van der Waals surface area contributed by atoms with Crippen LogP contribution in [-0.2, 0) is 9.53 Å². The second kappa shape index (κ2) is 5.96. The number of carbonyl (C=O) groups is 1. The Kier molecular flexibility index (Phi) is 4.89. The molecule has 0 aromatic heterocycles. The van der Waals surface area contributed by atoms with E-state index in [4.69, 9.17) is 0 Å². The van der Waals surface area contributed by atoms with E-state index in [1.807, 2.05) is 0 Å². The van der Waals surface area contributed by atoms with Crippen molar-refractivity contribution in [2.24, 2.45) is 0 Å². The highest BCUT2D eigenvalue weighted by atomic mass is 79.9. The van der Waals surface area contributed by atoms with Crippen molar-refractivity contribution in [2.75, 3.05) is 7.11 Å². The van der Waals surface area contributed by atoms with E-state index >= 15 is 0 Å². The third-order valence-electron chi connectivity index (χ3n) is 2.18. The Morgan fingerprint density at radius 2 is 2.31 bits per heavy atom. The molecular weight excluding hydrogens is 279 g/mol. The van der Waals surface area contributed by atoms with Gasteiger partial charge in [-0.05, 0) is 40.0 Å². The molecule has 0 heterocycles. The fraction of sp³-hybridized carbons (Fsp3) is 0.364. The molecule has 0 aliphatic heterocycles. The number of rotatable bonds is 4. The Bertz CT molecular complexity index is 381. The van der Waals surface area contributed by atoms with E-state index in [9.17, 15) is 14.3 Å². The molecule has 3 nitrogen and oxygen atoms in total. The summed E-state index contributed by atoms with van der Waals surface area (Å²) < 4.78 is 17.7. The number of aliphatic hydroxyl groups is 1. The van der Waals surface area contributed by atoms with Crippen LogP contribution in [0.15, 0.2) is 22.7 Å². The highest BCUT2D eigenvalue weighted by Crippen LogP contribution is 2.24. The summed E-state index contributed by atoms with van der Waals surface area (Å²) in [5.41, 5.74) is 0.567. The number of ether oxygens (including phenoxy) is 1. The molecule has 0 aliphatic carbocycles. The molecule has 0 saturated carbocycles. The first kappa shape index (κ1) is 13.1. The van der Waals surface area contributed by atoms with Crippen molar-refractivity contribution < 1.29 is 19.0 Å². The molecular formula is C11H12BrFO3. The maximum absolute atomic E-state index is 12.9. The van der Waals surface area contributed by atoms with Crippen LogP contribution in [0.5, 0.6) is 0 Å². The molecule has 16 heavy (non-hydrogen) atoms. The molecule has 1 aromatic carbocycles. The average molecular weight is 291 g/mol. The smallest absolute Gasteiger partial charge is 0.305 e. The summed E-state index contributed by atoms with van der Waals surface area (Å²) in [4.78, 5) is 10.9. The molecule has 0 saturated heterocycles. The molecule has 0 radical (unpaired) electrons. The Labute approximate surface area is 101 Å². The second-order valence-corrected chi connectivity index (χ2v) is 4.16. The summed E-state index contributed by atoms with van der Waals surface area (Å²) in [6.45, 7) is 0. The van der Waals surface area contributed by atoms with Crippen LogP contribution in [0.25, 0.3) is 0 Å². The Balaban J connectivity index is 2.62. The van der Waals surface area contributed by atoms with Gasteiger partial charge in [-0.15, -0.1) is 0 Å². The fourth-order valence-electron chi connectivity index (χ4n) is 1.24. The van der Waals surface area contributed by atoms with Gasteiger partial charge in [0.25, 0.3) is 0 Å². The van der Waals surface area contributed by atoms with E-state index in [0.717, 1.165) is 0 Å². The minimum Gasteiger partial charge on any atom is -0.469 e. The predicted molar refractivity (Wildman–Crippen MR) is 60.3 cm³/mol. The van der Waals surface area contributed by atoms with Crippen molar-refractivity contribution in [3.8, 4) is 0 Å². The summed E-state index contributed by atoms with van der Waals surface area (Å²) in [7, 11) is 1.29. The zero-order valence-corrected chi connectivity index (χ0v) is 10.3. The van der Waals surface area contributed by atoms with E-state index < -0.39 is 6.10 Å². The SMILES string of the molecule is COC(=O)CCC(O)c1ccc(F)c(Br)c1. The van der Waals surface area contributed by atoms with E-state index in [1.54, 1.807) is 0 Å². The highest BCUT2D eigenvalue weighted by molar-refractivity contribution is 9.10. The van der Waals surface area contributed by atoms with E-state index in [0.29, 0.717) is 10.0 Å². The van der Waals surface area contributed by atoms with Crippen LogP contribution < -0.4 is 0 Å². The molecule has 0 spiro atoms. The molecule has 1 rings (SSSR count). The minimum atomic E-state index is -0.795. The van der Waals surface area contributed by atoms with Crippen molar-refractivity contribution in [1.82, 2.24) is 0 Å². The number of carbonyl (C=O) groups excluding carboxylic acids is 1. The quantitative estimate of drug-likeness (QED) is 0.867. The first-order chi connectivity index (χ1) is 7.54. The first-order valence-electron chi connectivity index (χ1n) is 4.74. The standard InChI is InChI=1S/C11H12BrFO3/c1-16-11(15)5-4-10(14)7-2-3-9(13)8(12)6-7/h2-3,6,10,14H,4-5H2,1H3. The van der Waals surface area contributed by atoms with Gasteiger partial charge in [0.1, 0.15) is 5.82 Å². The number of halogens is 2. The normalized spacial score (nSPS) is 12.2. The van der Waals surface area contributed by atoms with Crippen molar-refractivity contribution >= 4 is 21.9 Å². The summed E-state index contributed by atoms with van der Waals surface area (Å²) in [6.07, 6.45) is -0.409. The largest absolute Gasteiger partial charge is 0.469 e. The Morgan fingerprint density at radius 3 is 2.88 bits per heavy atom. The van der Waals surface area contributed by atoms with Gasteiger partial charge in [-0.2, -0.15) is 0 Å². The Hall–Kier alpha value is -0.940. The molecule has 5 heteroatoms. The summed E-state index contributed by atoms with van der Waals surface area (Å²) in [5.74, 6) is -0.760. The van der Waals surface area contributed by atoms with Crippen LogP contribution >= 0.6 is 15.9 Å². The van der Waals surface area contributed by atoms with Crippen LogP contribution in [0.2, 0.25) is 0 Å². The molecule has 88 valence electrons. The van der Waals surface area contributed by atoms with Gasteiger partial charge >= 0.3 is 5.97 Å². The lowest BCUT2D eigenvalue weighted by Crippen LogP contribution is -2.05. The van der Waals surface area contributed by atoms with E-state index in [-0.39, 0.29) is 24.6 Å². The third-order valence-corrected chi connectivity index (χ3v) is 2.79. The van der Waals surface area contributed by atoms with Crippen LogP contribution in [0.1, 0.15) is 24.5 Å². The fourth-order valence-corrected chi connectivity index (χ4v) is 1.64. The number of esters is 1. The number of aliphatic hydroxyl groups excluding tert-OH is 1. The zero-order valence-electron chi connectivity index (χ0n) is 8.74. The number of methoxy groups -OCH3 is 1. The third kappa shape index (κ3) is 3.57. The topological polar surface area (TPSA) is 46.5 Å². The van der Waals surface area contributed by atoms with Gasteiger partial charge < -0.3 is 9.84 Å². The molecule has 1 unspecified atom stereocenters.